The van der Waals surface area contributed by atoms with Crippen LogP contribution < -0.4 is 0 Å². The molecule has 0 fully saturated rings. The topological polar surface area (TPSA) is 20.2 Å². The predicted molar refractivity (Wildman–Crippen MR) is 32.4 cm³/mol. The maximum atomic E-state index is 11.8. The summed E-state index contributed by atoms with van der Waals surface area (Å²) >= 11 is 0.402. The van der Waals surface area contributed by atoms with Crippen LogP contribution in [0.15, 0.2) is 11.5 Å². The minimum atomic E-state index is -4.53. The number of alkyl halides is 3. The first-order chi connectivity index (χ1) is 4.46. The number of rotatable bonds is 0. The summed E-state index contributed by atoms with van der Waals surface area (Å²) in [6.45, 7) is 0. The largest absolute Gasteiger partial charge is 0.427 e. The second kappa shape index (κ2) is 3.62. The number of thioether (sulfide) groups is 1. The Hall–Kier alpha value is 0.723. The van der Waals surface area contributed by atoms with Gasteiger partial charge in [-0.05, 0) is 5.41 Å². The van der Waals surface area contributed by atoms with Crippen molar-refractivity contribution in [2.24, 2.45) is 0 Å². The van der Waals surface area contributed by atoms with Crippen LogP contribution in [0.25, 0.3) is 0 Å². The Balaban J connectivity index is 0.000001000. The first kappa shape index (κ1) is 11.7. The van der Waals surface area contributed by atoms with Gasteiger partial charge in [-0.3, -0.25) is 0 Å². The van der Waals surface area contributed by atoms with Crippen molar-refractivity contribution in [1.29, 1.82) is 0 Å². The van der Waals surface area contributed by atoms with E-state index in [4.69, 9.17) is 5.11 Å². The van der Waals surface area contributed by atoms with Crippen molar-refractivity contribution in [3.05, 3.63) is 11.5 Å². The molecule has 0 aliphatic carbocycles. The molecule has 0 radical (unpaired) electrons. The molecule has 6 heteroatoms. The van der Waals surface area contributed by atoms with Gasteiger partial charge >= 0.3 is 6.18 Å². The maximum absolute atomic E-state index is 11.8. The van der Waals surface area contributed by atoms with Crippen LogP contribution in [0.2, 0.25) is 0 Å². The van der Waals surface area contributed by atoms with Crippen molar-refractivity contribution in [2.75, 3.05) is 0 Å². The SMILES string of the molecule is OC1(C(F)(F)F)CC=CS1.[Zr]. The van der Waals surface area contributed by atoms with E-state index in [1.807, 2.05) is 0 Å². The van der Waals surface area contributed by atoms with Crippen LogP contribution in [0.4, 0.5) is 13.2 Å². The Labute approximate surface area is 85.2 Å². The molecule has 0 bridgehead atoms. The van der Waals surface area contributed by atoms with Gasteiger partial charge in [-0.15, -0.1) is 0 Å². The van der Waals surface area contributed by atoms with Crippen LogP contribution in [0.1, 0.15) is 6.42 Å². The van der Waals surface area contributed by atoms with Gasteiger partial charge in [0.1, 0.15) is 0 Å². The fraction of sp³-hybridized carbons (Fsp3) is 0.600. The first-order valence-electron chi connectivity index (χ1n) is 2.58. The summed E-state index contributed by atoms with van der Waals surface area (Å²) in [7, 11) is 0. The van der Waals surface area contributed by atoms with Gasteiger partial charge in [0.15, 0.2) is 0 Å². The summed E-state index contributed by atoms with van der Waals surface area (Å²) in [5.74, 6) is 0. The molecule has 0 saturated carbocycles. The summed E-state index contributed by atoms with van der Waals surface area (Å²) in [5, 5.41) is 10.1. The Morgan fingerprint density at radius 2 is 2.00 bits per heavy atom. The third-order valence-electron chi connectivity index (χ3n) is 1.20. The van der Waals surface area contributed by atoms with E-state index in [-0.39, 0.29) is 32.6 Å². The molecule has 0 aromatic carbocycles. The first-order valence-corrected chi connectivity index (χ1v) is 3.46. The van der Waals surface area contributed by atoms with Gasteiger partial charge in [0.25, 0.3) is 0 Å². The molecule has 0 aromatic rings. The molecule has 1 atom stereocenters. The molecule has 62 valence electrons. The monoisotopic (exact) mass is 260 g/mol. The standard InChI is InChI=1S/C5H5F3OS.Zr/c6-5(7,8)4(9)2-1-3-10-4;/h1,3,9H,2H2;. The van der Waals surface area contributed by atoms with E-state index in [1.165, 1.54) is 11.5 Å². The van der Waals surface area contributed by atoms with Crippen molar-refractivity contribution in [3.8, 4) is 0 Å². The van der Waals surface area contributed by atoms with Crippen LogP contribution in [0.5, 0.6) is 0 Å². The van der Waals surface area contributed by atoms with Crippen LogP contribution >= 0.6 is 11.8 Å². The van der Waals surface area contributed by atoms with Gasteiger partial charge in [0.2, 0.25) is 4.93 Å². The van der Waals surface area contributed by atoms with Crippen molar-refractivity contribution >= 4 is 11.8 Å². The number of hydrogen-bond donors (Lipinski definition) is 1. The van der Waals surface area contributed by atoms with Crippen molar-refractivity contribution in [1.82, 2.24) is 0 Å². The van der Waals surface area contributed by atoms with Gasteiger partial charge in [-0.1, -0.05) is 17.8 Å². The fourth-order valence-electron chi connectivity index (χ4n) is 0.599. The summed E-state index contributed by atoms with van der Waals surface area (Å²) in [5.41, 5.74) is 0. The van der Waals surface area contributed by atoms with Crippen LogP contribution in [-0.2, 0) is 26.2 Å². The van der Waals surface area contributed by atoms with Crippen molar-refractivity contribution in [3.63, 3.8) is 0 Å². The minimum Gasteiger partial charge on any atom is -0.371 e. The van der Waals surface area contributed by atoms with E-state index >= 15 is 0 Å². The molecule has 0 saturated heterocycles. The minimum absolute atomic E-state index is 0. The second-order valence-electron chi connectivity index (χ2n) is 1.98. The normalized spacial score (nSPS) is 30.2. The summed E-state index contributed by atoms with van der Waals surface area (Å²) < 4.78 is 35.5. The third kappa shape index (κ3) is 2.33. The third-order valence-corrected chi connectivity index (χ3v) is 2.31. The molecule has 1 aliphatic heterocycles. The number of halogens is 3. The molecule has 1 nitrogen and oxygen atoms in total. The van der Waals surface area contributed by atoms with E-state index in [9.17, 15) is 13.2 Å². The average Bonchev–Trinajstić information content (AvgIpc) is 2.13. The molecule has 1 unspecified atom stereocenters. The molecule has 1 rings (SSSR count). The smallest absolute Gasteiger partial charge is 0.371 e. The Kier molecular flexibility index (Phi) is 3.86. The average molecular weight is 261 g/mol. The molecule has 0 spiro atoms. The van der Waals surface area contributed by atoms with E-state index in [0.29, 0.717) is 11.8 Å². The van der Waals surface area contributed by atoms with E-state index in [0.717, 1.165) is 0 Å². The molecule has 0 amide bonds. The zero-order chi connectivity index (χ0) is 7.83. The molecule has 1 aliphatic rings. The summed E-state index contributed by atoms with van der Waals surface area (Å²) in [4.78, 5) is -2.56. The quantitative estimate of drug-likeness (QED) is 0.718. The van der Waals surface area contributed by atoms with Gasteiger partial charge in [-0.2, -0.15) is 13.2 Å². The molecule has 11 heavy (non-hydrogen) atoms. The summed E-state index contributed by atoms with van der Waals surface area (Å²) in [6, 6.07) is 0. The Morgan fingerprint density at radius 3 is 2.18 bits per heavy atom. The van der Waals surface area contributed by atoms with Crippen LogP contribution in [-0.4, -0.2) is 16.2 Å². The van der Waals surface area contributed by atoms with Crippen LogP contribution in [0, 0.1) is 0 Å². The van der Waals surface area contributed by atoms with Gasteiger partial charge in [0.05, 0.1) is 0 Å². The molecule has 1 N–H and O–H groups in total. The molecular formula is C5H5F3OSZr. The number of hydrogen-bond acceptors (Lipinski definition) is 2. The Morgan fingerprint density at radius 1 is 1.45 bits per heavy atom. The predicted octanol–water partition coefficient (Wildman–Crippen LogP) is 1.89. The van der Waals surface area contributed by atoms with Gasteiger partial charge < -0.3 is 5.11 Å². The van der Waals surface area contributed by atoms with Crippen molar-refractivity contribution in [2.45, 2.75) is 17.5 Å². The zero-order valence-corrected chi connectivity index (χ0v) is 8.63. The van der Waals surface area contributed by atoms with Gasteiger partial charge in [-0.25, -0.2) is 0 Å². The molecule has 1 heterocycles. The van der Waals surface area contributed by atoms with E-state index in [2.05, 4.69) is 0 Å². The zero-order valence-electron chi connectivity index (χ0n) is 5.35. The van der Waals surface area contributed by atoms with Crippen LogP contribution in [0.3, 0.4) is 0 Å². The van der Waals surface area contributed by atoms with E-state index in [1.54, 1.807) is 0 Å². The Bertz CT molecular complexity index is 160. The van der Waals surface area contributed by atoms with Gasteiger partial charge in [0, 0.05) is 32.6 Å². The van der Waals surface area contributed by atoms with Crippen molar-refractivity contribution < 1.29 is 44.5 Å². The summed E-state index contributed by atoms with van der Waals surface area (Å²) in [6.07, 6.45) is -3.57. The number of aliphatic hydroxyl groups is 1. The second-order valence-corrected chi connectivity index (χ2v) is 3.16. The molecule has 0 aromatic heterocycles. The molecular weight excluding hydrogens is 256 g/mol. The fourth-order valence-corrected chi connectivity index (χ4v) is 1.34. The maximum Gasteiger partial charge on any atom is 0.427 e. The van der Waals surface area contributed by atoms with E-state index < -0.39 is 11.1 Å².